The van der Waals surface area contributed by atoms with Crippen LogP contribution in [-0.4, -0.2) is 4.98 Å². The first kappa shape index (κ1) is 11.7. The number of aromatic nitrogens is 1. The van der Waals surface area contributed by atoms with E-state index in [-0.39, 0.29) is 11.4 Å². The standard InChI is InChI=1S/C16H12FNO/c1-10-13-9-12(17)7-8-14(13)18-16(19)15(10)11-5-3-2-4-6-11/h2-9H,1H3,(H,18,19). The number of pyridine rings is 1. The molecule has 3 heteroatoms. The summed E-state index contributed by atoms with van der Waals surface area (Å²) < 4.78 is 13.4. The molecule has 0 atom stereocenters. The fourth-order valence-corrected chi connectivity index (χ4v) is 2.38. The molecule has 19 heavy (non-hydrogen) atoms. The Balaban J connectivity index is 2.40. The molecule has 3 rings (SSSR count). The molecule has 0 saturated carbocycles. The summed E-state index contributed by atoms with van der Waals surface area (Å²) in [6.07, 6.45) is 0. The minimum atomic E-state index is -0.304. The number of fused-ring (bicyclic) bond motifs is 1. The maximum absolute atomic E-state index is 13.4. The lowest BCUT2D eigenvalue weighted by Crippen LogP contribution is -2.11. The second kappa shape index (κ2) is 4.35. The van der Waals surface area contributed by atoms with Gasteiger partial charge in [-0.25, -0.2) is 4.39 Å². The highest BCUT2D eigenvalue weighted by atomic mass is 19.1. The van der Waals surface area contributed by atoms with Crippen molar-refractivity contribution < 1.29 is 4.39 Å². The monoisotopic (exact) mass is 253 g/mol. The number of rotatable bonds is 1. The van der Waals surface area contributed by atoms with Crippen LogP contribution >= 0.6 is 0 Å². The zero-order valence-electron chi connectivity index (χ0n) is 10.4. The fourth-order valence-electron chi connectivity index (χ4n) is 2.38. The highest BCUT2D eigenvalue weighted by molar-refractivity contribution is 5.88. The number of halogens is 1. The highest BCUT2D eigenvalue weighted by Gasteiger charge is 2.11. The number of nitrogens with one attached hydrogen (secondary N) is 1. The quantitative estimate of drug-likeness (QED) is 0.705. The first-order valence-corrected chi connectivity index (χ1v) is 6.04. The van der Waals surface area contributed by atoms with Crippen LogP contribution in [0, 0.1) is 12.7 Å². The van der Waals surface area contributed by atoms with E-state index in [1.807, 2.05) is 37.3 Å². The second-order valence-corrected chi connectivity index (χ2v) is 4.51. The van der Waals surface area contributed by atoms with Gasteiger partial charge in [0, 0.05) is 10.9 Å². The maximum Gasteiger partial charge on any atom is 0.256 e. The van der Waals surface area contributed by atoms with Gasteiger partial charge in [-0.1, -0.05) is 30.3 Å². The van der Waals surface area contributed by atoms with Gasteiger partial charge in [0.2, 0.25) is 0 Å². The molecule has 2 nitrogen and oxygen atoms in total. The molecule has 0 amide bonds. The predicted octanol–water partition coefficient (Wildman–Crippen LogP) is 3.64. The van der Waals surface area contributed by atoms with Crippen molar-refractivity contribution in [1.82, 2.24) is 4.98 Å². The van der Waals surface area contributed by atoms with Gasteiger partial charge in [0.15, 0.2) is 0 Å². The van der Waals surface area contributed by atoms with Gasteiger partial charge in [-0.05, 0) is 36.2 Å². The summed E-state index contributed by atoms with van der Waals surface area (Å²) in [4.78, 5) is 15.0. The van der Waals surface area contributed by atoms with E-state index < -0.39 is 0 Å². The number of aryl methyl sites for hydroxylation is 1. The summed E-state index contributed by atoms with van der Waals surface area (Å²) in [5.41, 5.74) is 2.74. The number of hydrogen-bond donors (Lipinski definition) is 1. The Morgan fingerprint density at radius 3 is 2.53 bits per heavy atom. The first-order valence-electron chi connectivity index (χ1n) is 6.04. The van der Waals surface area contributed by atoms with Crippen LogP contribution in [0.4, 0.5) is 4.39 Å². The minimum absolute atomic E-state index is 0.150. The average Bonchev–Trinajstić information content (AvgIpc) is 2.41. The molecular formula is C16H12FNO. The lowest BCUT2D eigenvalue weighted by molar-refractivity contribution is 0.629. The van der Waals surface area contributed by atoms with E-state index in [4.69, 9.17) is 0 Å². The maximum atomic E-state index is 13.4. The zero-order valence-corrected chi connectivity index (χ0v) is 10.4. The molecule has 0 fully saturated rings. The van der Waals surface area contributed by atoms with Crippen LogP contribution in [0.25, 0.3) is 22.0 Å². The third-order valence-corrected chi connectivity index (χ3v) is 3.30. The van der Waals surface area contributed by atoms with Gasteiger partial charge in [-0.3, -0.25) is 4.79 Å². The first-order chi connectivity index (χ1) is 9.16. The molecule has 0 aliphatic rings. The number of H-pyrrole nitrogens is 1. The SMILES string of the molecule is Cc1c(-c2ccccc2)c(=O)[nH]c2ccc(F)cc12. The van der Waals surface area contributed by atoms with E-state index in [0.29, 0.717) is 11.1 Å². The molecule has 0 spiro atoms. The Kier molecular flexibility index (Phi) is 2.67. The van der Waals surface area contributed by atoms with Gasteiger partial charge >= 0.3 is 0 Å². The van der Waals surface area contributed by atoms with Gasteiger partial charge in [-0.15, -0.1) is 0 Å². The molecule has 0 bridgehead atoms. The zero-order chi connectivity index (χ0) is 13.4. The van der Waals surface area contributed by atoms with Gasteiger partial charge in [0.25, 0.3) is 5.56 Å². The number of benzene rings is 2. The topological polar surface area (TPSA) is 32.9 Å². The van der Waals surface area contributed by atoms with E-state index in [9.17, 15) is 9.18 Å². The van der Waals surface area contributed by atoms with Crippen LogP contribution in [0.1, 0.15) is 5.56 Å². The highest BCUT2D eigenvalue weighted by Crippen LogP contribution is 2.25. The van der Waals surface area contributed by atoms with Crippen LogP contribution in [0.15, 0.2) is 53.3 Å². The lowest BCUT2D eigenvalue weighted by atomic mass is 9.99. The number of aromatic amines is 1. The van der Waals surface area contributed by atoms with E-state index in [1.165, 1.54) is 12.1 Å². The molecule has 1 aromatic heterocycles. The third kappa shape index (κ3) is 1.93. The molecule has 1 N–H and O–H groups in total. The van der Waals surface area contributed by atoms with Crippen LogP contribution in [0.2, 0.25) is 0 Å². The Hall–Kier alpha value is -2.42. The van der Waals surface area contributed by atoms with Gasteiger partial charge in [-0.2, -0.15) is 0 Å². The van der Waals surface area contributed by atoms with Crippen LogP contribution in [-0.2, 0) is 0 Å². The minimum Gasteiger partial charge on any atom is -0.321 e. The summed E-state index contributed by atoms with van der Waals surface area (Å²) >= 11 is 0. The average molecular weight is 253 g/mol. The summed E-state index contributed by atoms with van der Waals surface area (Å²) in [6.45, 7) is 1.85. The van der Waals surface area contributed by atoms with Crippen molar-refractivity contribution >= 4 is 10.9 Å². The molecule has 0 saturated heterocycles. The normalized spacial score (nSPS) is 10.8. The van der Waals surface area contributed by atoms with Crippen molar-refractivity contribution in [1.29, 1.82) is 0 Å². The summed E-state index contributed by atoms with van der Waals surface area (Å²) in [5.74, 6) is -0.304. The Morgan fingerprint density at radius 2 is 1.79 bits per heavy atom. The fraction of sp³-hybridized carbons (Fsp3) is 0.0625. The Morgan fingerprint density at radius 1 is 1.05 bits per heavy atom. The van der Waals surface area contributed by atoms with Crippen molar-refractivity contribution in [2.24, 2.45) is 0 Å². The van der Waals surface area contributed by atoms with Crippen LogP contribution < -0.4 is 5.56 Å². The smallest absolute Gasteiger partial charge is 0.256 e. The third-order valence-electron chi connectivity index (χ3n) is 3.30. The molecule has 0 unspecified atom stereocenters. The van der Waals surface area contributed by atoms with Gasteiger partial charge in [0.05, 0.1) is 5.56 Å². The molecule has 2 aromatic carbocycles. The van der Waals surface area contributed by atoms with Crippen LogP contribution in [0.5, 0.6) is 0 Å². The largest absolute Gasteiger partial charge is 0.321 e. The molecule has 0 aliphatic carbocycles. The van der Waals surface area contributed by atoms with Crippen molar-refractivity contribution in [3.8, 4) is 11.1 Å². The molecule has 0 aliphatic heterocycles. The van der Waals surface area contributed by atoms with E-state index in [0.717, 1.165) is 16.5 Å². The van der Waals surface area contributed by atoms with Crippen molar-refractivity contribution in [3.05, 3.63) is 70.3 Å². The van der Waals surface area contributed by atoms with Crippen molar-refractivity contribution in [2.45, 2.75) is 6.92 Å². The Labute approximate surface area is 109 Å². The Bertz CT molecular complexity index is 806. The molecule has 94 valence electrons. The van der Waals surface area contributed by atoms with E-state index in [1.54, 1.807) is 6.07 Å². The van der Waals surface area contributed by atoms with Gasteiger partial charge < -0.3 is 4.98 Å². The summed E-state index contributed by atoms with van der Waals surface area (Å²) in [7, 11) is 0. The molecule has 3 aromatic rings. The predicted molar refractivity (Wildman–Crippen MR) is 74.7 cm³/mol. The van der Waals surface area contributed by atoms with Crippen molar-refractivity contribution in [2.75, 3.05) is 0 Å². The van der Waals surface area contributed by atoms with Gasteiger partial charge in [0.1, 0.15) is 5.82 Å². The molecular weight excluding hydrogens is 241 g/mol. The number of hydrogen-bond acceptors (Lipinski definition) is 1. The molecule has 1 heterocycles. The summed E-state index contributed by atoms with van der Waals surface area (Å²) in [5, 5.41) is 0.735. The van der Waals surface area contributed by atoms with E-state index in [2.05, 4.69) is 4.98 Å². The van der Waals surface area contributed by atoms with Crippen molar-refractivity contribution in [3.63, 3.8) is 0 Å². The molecule has 0 radical (unpaired) electrons. The second-order valence-electron chi connectivity index (χ2n) is 4.51. The lowest BCUT2D eigenvalue weighted by Gasteiger charge is -2.09. The van der Waals surface area contributed by atoms with Crippen LogP contribution in [0.3, 0.4) is 0 Å². The summed E-state index contributed by atoms with van der Waals surface area (Å²) in [6, 6.07) is 13.8. The van der Waals surface area contributed by atoms with E-state index >= 15 is 0 Å².